The Morgan fingerprint density at radius 1 is 1.47 bits per heavy atom. The second-order valence-corrected chi connectivity index (χ2v) is 3.95. The first-order valence-corrected chi connectivity index (χ1v) is 5.86. The van der Waals surface area contributed by atoms with Crippen LogP contribution in [-0.2, 0) is 6.42 Å². The van der Waals surface area contributed by atoms with Crippen molar-refractivity contribution >= 4 is 17.3 Å². The molecule has 1 atom stereocenters. The van der Waals surface area contributed by atoms with Crippen LogP contribution in [0, 0.1) is 0 Å². The number of rotatable bonds is 6. The molecule has 1 unspecified atom stereocenters. The Morgan fingerprint density at radius 3 is 2.93 bits per heavy atom. The molecule has 0 spiro atoms. The lowest BCUT2D eigenvalue weighted by Gasteiger charge is -2.10. The molecule has 2 N–H and O–H groups in total. The van der Waals surface area contributed by atoms with Gasteiger partial charge in [0.25, 0.3) is 0 Å². The summed E-state index contributed by atoms with van der Waals surface area (Å²) in [4.78, 5) is 0. The van der Waals surface area contributed by atoms with Gasteiger partial charge in [0.2, 0.25) is 0 Å². The van der Waals surface area contributed by atoms with Crippen LogP contribution in [-0.4, -0.2) is 23.6 Å². The van der Waals surface area contributed by atoms with Crippen LogP contribution in [0.25, 0.3) is 0 Å². The highest BCUT2D eigenvalue weighted by Gasteiger charge is 2.01. The van der Waals surface area contributed by atoms with Gasteiger partial charge in [-0.25, -0.2) is 0 Å². The van der Waals surface area contributed by atoms with E-state index in [0.29, 0.717) is 6.54 Å². The summed E-state index contributed by atoms with van der Waals surface area (Å²) in [6.45, 7) is 2.66. The molecule has 15 heavy (non-hydrogen) atoms. The fourth-order valence-corrected chi connectivity index (χ4v) is 1.52. The van der Waals surface area contributed by atoms with Gasteiger partial charge in [0.05, 0.1) is 12.0 Å². The van der Waals surface area contributed by atoms with E-state index in [1.54, 1.807) is 0 Å². The van der Waals surface area contributed by atoms with Gasteiger partial charge in [-0.3, -0.25) is 0 Å². The molecule has 1 aromatic carbocycles. The van der Waals surface area contributed by atoms with Gasteiger partial charge in [0, 0.05) is 12.2 Å². The summed E-state index contributed by atoms with van der Waals surface area (Å²) in [6, 6.07) is 8.26. The van der Waals surface area contributed by atoms with Crippen LogP contribution in [0.15, 0.2) is 24.3 Å². The minimum absolute atomic E-state index is 0.266. The molecule has 1 rings (SSSR count). The third kappa shape index (κ3) is 4.54. The molecule has 2 nitrogen and oxygen atoms in total. The average molecular weight is 228 g/mol. The number of nitrogens with one attached hydrogen (secondary N) is 1. The summed E-state index contributed by atoms with van der Waals surface area (Å²) in [6.07, 6.45) is 1.75. The van der Waals surface area contributed by atoms with Crippen LogP contribution in [0.5, 0.6) is 0 Å². The quantitative estimate of drug-likeness (QED) is 0.733. The van der Waals surface area contributed by atoms with Crippen molar-refractivity contribution in [3.63, 3.8) is 0 Å². The van der Waals surface area contributed by atoms with Crippen LogP contribution >= 0.6 is 11.6 Å². The highest BCUT2D eigenvalue weighted by Crippen LogP contribution is 2.12. The average Bonchev–Trinajstić information content (AvgIpc) is 2.27. The first-order valence-electron chi connectivity index (χ1n) is 5.33. The van der Waals surface area contributed by atoms with Gasteiger partial charge in [-0.1, -0.05) is 25.5 Å². The van der Waals surface area contributed by atoms with Gasteiger partial charge >= 0.3 is 0 Å². The SMILES string of the molecule is CCCc1cccc(NCC(O)CCl)c1. The number of halogens is 1. The zero-order valence-electron chi connectivity index (χ0n) is 9.04. The van der Waals surface area contributed by atoms with Gasteiger partial charge in [-0.05, 0) is 24.1 Å². The Morgan fingerprint density at radius 2 is 2.27 bits per heavy atom. The van der Waals surface area contributed by atoms with Gasteiger partial charge in [-0.2, -0.15) is 0 Å². The zero-order valence-corrected chi connectivity index (χ0v) is 9.80. The van der Waals surface area contributed by atoms with Gasteiger partial charge < -0.3 is 10.4 Å². The predicted octanol–water partition coefficient (Wildman–Crippen LogP) is 2.65. The van der Waals surface area contributed by atoms with E-state index in [1.807, 2.05) is 12.1 Å². The first-order chi connectivity index (χ1) is 7.26. The molecule has 0 fully saturated rings. The lowest BCUT2D eigenvalue weighted by Crippen LogP contribution is -2.20. The lowest BCUT2D eigenvalue weighted by atomic mass is 10.1. The van der Waals surface area contributed by atoms with Crippen LogP contribution in [0.1, 0.15) is 18.9 Å². The van der Waals surface area contributed by atoms with E-state index in [9.17, 15) is 5.11 Å². The number of hydrogen-bond donors (Lipinski definition) is 2. The summed E-state index contributed by atoms with van der Waals surface area (Å²) in [5.41, 5.74) is 2.37. The number of hydrogen-bond acceptors (Lipinski definition) is 2. The minimum Gasteiger partial charge on any atom is -0.390 e. The van der Waals surface area contributed by atoms with Gasteiger partial charge in [0.15, 0.2) is 0 Å². The van der Waals surface area contributed by atoms with Crippen molar-refractivity contribution in [1.29, 1.82) is 0 Å². The molecule has 0 saturated heterocycles. The monoisotopic (exact) mass is 227 g/mol. The number of aliphatic hydroxyl groups is 1. The molecule has 0 aliphatic heterocycles. The maximum atomic E-state index is 9.30. The Kier molecular flexibility index (Phi) is 5.51. The highest BCUT2D eigenvalue weighted by atomic mass is 35.5. The lowest BCUT2D eigenvalue weighted by molar-refractivity contribution is 0.211. The molecule has 0 aliphatic carbocycles. The van der Waals surface area contributed by atoms with E-state index < -0.39 is 6.10 Å². The Labute approximate surface area is 96.3 Å². The van der Waals surface area contributed by atoms with E-state index in [0.717, 1.165) is 18.5 Å². The highest BCUT2D eigenvalue weighted by molar-refractivity contribution is 6.18. The van der Waals surface area contributed by atoms with E-state index in [1.165, 1.54) is 5.56 Å². The number of anilines is 1. The number of aliphatic hydroxyl groups excluding tert-OH is 1. The third-order valence-corrected chi connectivity index (χ3v) is 2.54. The predicted molar refractivity (Wildman–Crippen MR) is 65.7 cm³/mol. The maximum Gasteiger partial charge on any atom is 0.0847 e. The fourth-order valence-electron chi connectivity index (χ4n) is 1.42. The molecule has 0 radical (unpaired) electrons. The van der Waals surface area contributed by atoms with Crippen molar-refractivity contribution in [1.82, 2.24) is 0 Å². The normalized spacial score (nSPS) is 12.5. The largest absolute Gasteiger partial charge is 0.390 e. The summed E-state index contributed by atoms with van der Waals surface area (Å²) >= 11 is 5.51. The van der Waals surface area contributed by atoms with Crippen molar-refractivity contribution in [2.45, 2.75) is 25.9 Å². The molecule has 0 aliphatic rings. The second kappa shape index (κ2) is 6.70. The van der Waals surface area contributed by atoms with E-state index in [4.69, 9.17) is 11.6 Å². The topological polar surface area (TPSA) is 32.3 Å². The summed E-state index contributed by atoms with van der Waals surface area (Å²) < 4.78 is 0. The Hall–Kier alpha value is -0.730. The van der Waals surface area contributed by atoms with Crippen molar-refractivity contribution in [3.05, 3.63) is 29.8 Å². The number of aryl methyl sites for hydroxylation is 1. The van der Waals surface area contributed by atoms with E-state index >= 15 is 0 Å². The zero-order chi connectivity index (χ0) is 11.1. The molecule has 0 aromatic heterocycles. The molecular formula is C12H18ClNO. The Balaban J connectivity index is 2.50. The molecular weight excluding hydrogens is 210 g/mol. The minimum atomic E-state index is -0.485. The molecule has 0 bridgehead atoms. The molecule has 3 heteroatoms. The second-order valence-electron chi connectivity index (χ2n) is 3.64. The summed E-state index contributed by atoms with van der Waals surface area (Å²) in [5.74, 6) is 0.266. The van der Waals surface area contributed by atoms with Crippen LogP contribution < -0.4 is 5.32 Å². The van der Waals surface area contributed by atoms with Gasteiger partial charge in [0.1, 0.15) is 0 Å². The van der Waals surface area contributed by atoms with Crippen molar-refractivity contribution in [2.75, 3.05) is 17.7 Å². The summed E-state index contributed by atoms with van der Waals surface area (Å²) in [5, 5.41) is 12.5. The smallest absolute Gasteiger partial charge is 0.0847 e. The molecule has 0 heterocycles. The molecule has 0 amide bonds. The standard InChI is InChI=1S/C12H18ClNO/c1-2-4-10-5-3-6-11(7-10)14-9-12(15)8-13/h3,5-7,12,14-15H,2,4,8-9H2,1H3. The van der Waals surface area contributed by atoms with Crippen LogP contribution in [0.4, 0.5) is 5.69 Å². The van der Waals surface area contributed by atoms with Crippen LogP contribution in [0.3, 0.4) is 0 Å². The molecule has 0 saturated carbocycles. The number of alkyl halides is 1. The van der Waals surface area contributed by atoms with Crippen LogP contribution in [0.2, 0.25) is 0 Å². The van der Waals surface area contributed by atoms with Crippen molar-refractivity contribution < 1.29 is 5.11 Å². The van der Waals surface area contributed by atoms with E-state index in [-0.39, 0.29) is 5.88 Å². The van der Waals surface area contributed by atoms with E-state index in [2.05, 4.69) is 24.4 Å². The van der Waals surface area contributed by atoms with Crippen molar-refractivity contribution in [3.8, 4) is 0 Å². The first kappa shape index (κ1) is 12.3. The summed E-state index contributed by atoms with van der Waals surface area (Å²) in [7, 11) is 0. The Bertz CT molecular complexity index is 291. The molecule has 84 valence electrons. The molecule has 1 aromatic rings. The third-order valence-electron chi connectivity index (χ3n) is 2.19. The van der Waals surface area contributed by atoms with Crippen molar-refractivity contribution in [2.24, 2.45) is 0 Å². The maximum absolute atomic E-state index is 9.30. The number of benzene rings is 1. The van der Waals surface area contributed by atoms with Gasteiger partial charge in [-0.15, -0.1) is 11.6 Å². The fraction of sp³-hybridized carbons (Fsp3) is 0.500.